The number of rotatable bonds is 3. The minimum atomic E-state index is -0.114. The van der Waals surface area contributed by atoms with Crippen molar-refractivity contribution in [2.45, 2.75) is 0 Å². The van der Waals surface area contributed by atoms with E-state index < -0.39 is 0 Å². The number of aromatic amines is 1. The zero-order valence-electron chi connectivity index (χ0n) is 11.1. The highest BCUT2D eigenvalue weighted by Crippen LogP contribution is 2.21. The van der Waals surface area contributed by atoms with Crippen LogP contribution in [0.4, 0.5) is 11.4 Å². The molecule has 2 heterocycles. The highest BCUT2D eigenvalue weighted by atomic mass is 32.2. The lowest BCUT2D eigenvalue weighted by atomic mass is 10.2. The maximum absolute atomic E-state index is 11.9. The fourth-order valence-electron chi connectivity index (χ4n) is 2.25. The first-order valence-electron chi connectivity index (χ1n) is 6.70. The molecule has 2 aromatic rings. The molecule has 0 spiro atoms. The summed E-state index contributed by atoms with van der Waals surface area (Å²) >= 11 is 2.00. The number of hydrogen-bond donors (Lipinski definition) is 2. The van der Waals surface area contributed by atoms with Crippen molar-refractivity contribution in [1.29, 1.82) is 0 Å². The molecule has 20 heavy (non-hydrogen) atoms. The predicted octanol–water partition coefficient (Wildman–Crippen LogP) is 2.82. The first kappa shape index (κ1) is 13.1. The molecule has 0 aliphatic carbocycles. The van der Waals surface area contributed by atoms with E-state index >= 15 is 0 Å². The van der Waals surface area contributed by atoms with Gasteiger partial charge in [0.1, 0.15) is 5.69 Å². The molecule has 1 fully saturated rings. The molecule has 104 valence electrons. The number of amides is 1. The van der Waals surface area contributed by atoms with Gasteiger partial charge in [0.2, 0.25) is 0 Å². The summed E-state index contributed by atoms with van der Waals surface area (Å²) in [6.45, 7) is 2.19. The van der Waals surface area contributed by atoms with Crippen molar-refractivity contribution in [2.24, 2.45) is 0 Å². The summed E-state index contributed by atoms with van der Waals surface area (Å²) in [4.78, 5) is 17.2. The Labute approximate surface area is 122 Å². The molecule has 1 aromatic carbocycles. The van der Waals surface area contributed by atoms with E-state index in [1.807, 2.05) is 30.0 Å². The number of H-pyrrole nitrogens is 1. The lowest BCUT2D eigenvalue weighted by molar-refractivity contribution is 0.102. The second-order valence-corrected chi connectivity index (χ2v) is 5.91. The molecule has 0 atom stereocenters. The van der Waals surface area contributed by atoms with E-state index in [1.54, 1.807) is 12.3 Å². The van der Waals surface area contributed by atoms with Crippen molar-refractivity contribution in [1.82, 2.24) is 4.98 Å². The summed E-state index contributed by atoms with van der Waals surface area (Å²) in [5.74, 6) is 2.26. The average molecular weight is 287 g/mol. The second kappa shape index (κ2) is 6.05. The normalized spacial score (nSPS) is 15.1. The Morgan fingerprint density at radius 1 is 1.15 bits per heavy atom. The minimum absolute atomic E-state index is 0.114. The molecule has 1 amide bonds. The van der Waals surface area contributed by atoms with Crippen LogP contribution in [-0.2, 0) is 0 Å². The Bertz CT molecular complexity index is 559. The van der Waals surface area contributed by atoms with Gasteiger partial charge < -0.3 is 15.2 Å². The second-order valence-electron chi connectivity index (χ2n) is 4.68. The van der Waals surface area contributed by atoms with Crippen LogP contribution in [0.1, 0.15) is 10.5 Å². The van der Waals surface area contributed by atoms with Gasteiger partial charge in [-0.1, -0.05) is 0 Å². The van der Waals surface area contributed by atoms with Crippen LogP contribution < -0.4 is 10.2 Å². The molecule has 1 aliphatic heterocycles. The highest BCUT2D eigenvalue weighted by Gasteiger charge is 2.11. The molecule has 5 heteroatoms. The number of aromatic nitrogens is 1. The van der Waals surface area contributed by atoms with Gasteiger partial charge in [-0.25, -0.2) is 0 Å². The molecule has 0 saturated carbocycles. The Kier molecular flexibility index (Phi) is 3.97. The van der Waals surface area contributed by atoms with Gasteiger partial charge in [-0.2, -0.15) is 11.8 Å². The van der Waals surface area contributed by atoms with Crippen LogP contribution in [-0.4, -0.2) is 35.5 Å². The van der Waals surface area contributed by atoms with E-state index in [2.05, 4.69) is 27.3 Å². The van der Waals surface area contributed by atoms with E-state index in [-0.39, 0.29) is 5.91 Å². The third-order valence-corrected chi connectivity index (χ3v) is 4.29. The number of hydrogen-bond acceptors (Lipinski definition) is 3. The van der Waals surface area contributed by atoms with E-state index in [1.165, 1.54) is 17.2 Å². The van der Waals surface area contributed by atoms with Gasteiger partial charge in [0, 0.05) is 42.2 Å². The highest BCUT2D eigenvalue weighted by molar-refractivity contribution is 7.99. The summed E-state index contributed by atoms with van der Waals surface area (Å²) in [5, 5.41) is 2.88. The smallest absolute Gasteiger partial charge is 0.272 e. The van der Waals surface area contributed by atoms with E-state index in [4.69, 9.17) is 0 Å². The Morgan fingerprint density at radius 2 is 1.90 bits per heavy atom. The summed E-state index contributed by atoms with van der Waals surface area (Å²) in [6.07, 6.45) is 1.74. The molecular weight excluding hydrogens is 270 g/mol. The van der Waals surface area contributed by atoms with Gasteiger partial charge in [0.05, 0.1) is 0 Å². The molecular formula is C15H17N3OS. The van der Waals surface area contributed by atoms with Crippen LogP contribution in [0.15, 0.2) is 42.6 Å². The molecule has 3 rings (SSSR count). The summed E-state index contributed by atoms with van der Waals surface area (Å²) in [5.41, 5.74) is 2.62. The number of thioether (sulfide) groups is 1. The quantitative estimate of drug-likeness (QED) is 0.912. The standard InChI is InChI=1S/C15H17N3OS/c19-15(14-2-1-7-16-14)17-12-3-5-13(6-4-12)18-8-10-20-11-9-18/h1-7,16H,8-11H2,(H,17,19). The molecule has 2 N–H and O–H groups in total. The van der Waals surface area contributed by atoms with E-state index in [0.717, 1.165) is 18.8 Å². The van der Waals surface area contributed by atoms with Gasteiger partial charge in [0.25, 0.3) is 5.91 Å². The van der Waals surface area contributed by atoms with Gasteiger partial charge in [0.15, 0.2) is 0 Å². The maximum Gasteiger partial charge on any atom is 0.272 e. The summed E-state index contributed by atoms with van der Waals surface area (Å²) < 4.78 is 0. The van der Waals surface area contributed by atoms with Crippen LogP contribution in [0.2, 0.25) is 0 Å². The number of carbonyl (C=O) groups excluding carboxylic acids is 1. The zero-order valence-corrected chi connectivity index (χ0v) is 12.0. The van der Waals surface area contributed by atoms with Gasteiger partial charge >= 0.3 is 0 Å². The maximum atomic E-state index is 11.9. The lowest BCUT2D eigenvalue weighted by Gasteiger charge is -2.28. The topological polar surface area (TPSA) is 48.1 Å². The molecule has 1 aromatic heterocycles. The van der Waals surface area contributed by atoms with E-state index in [9.17, 15) is 4.79 Å². The number of nitrogens with one attached hydrogen (secondary N) is 2. The Balaban J connectivity index is 1.65. The molecule has 0 bridgehead atoms. The monoisotopic (exact) mass is 287 g/mol. The fraction of sp³-hybridized carbons (Fsp3) is 0.267. The summed E-state index contributed by atoms with van der Waals surface area (Å²) in [6, 6.07) is 11.6. The number of carbonyl (C=O) groups is 1. The average Bonchev–Trinajstić information content (AvgIpc) is 3.03. The van der Waals surface area contributed by atoms with Crippen molar-refractivity contribution in [3.05, 3.63) is 48.3 Å². The summed E-state index contributed by atoms with van der Waals surface area (Å²) in [7, 11) is 0. The number of nitrogens with zero attached hydrogens (tertiary/aromatic N) is 1. The van der Waals surface area contributed by atoms with Gasteiger partial charge in [-0.15, -0.1) is 0 Å². The van der Waals surface area contributed by atoms with Crippen molar-refractivity contribution < 1.29 is 4.79 Å². The molecule has 0 unspecified atom stereocenters. The van der Waals surface area contributed by atoms with Crippen LogP contribution in [0.3, 0.4) is 0 Å². The molecule has 0 radical (unpaired) electrons. The fourth-order valence-corrected chi connectivity index (χ4v) is 3.15. The van der Waals surface area contributed by atoms with Crippen molar-refractivity contribution in [3.8, 4) is 0 Å². The van der Waals surface area contributed by atoms with Crippen molar-refractivity contribution in [3.63, 3.8) is 0 Å². The first-order chi connectivity index (χ1) is 9.83. The van der Waals surface area contributed by atoms with Crippen molar-refractivity contribution >= 4 is 29.0 Å². The van der Waals surface area contributed by atoms with Crippen LogP contribution in [0.5, 0.6) is 0 Å². The van der Waals surface area contributed by atoms with Crippen molar-refractivity contribution in [2.75, 3.05) is 34.8 Å². The Hall–Kier alpha value is -1.88. The van der Waals surface area contributed by atoms with Gasteiger partial charge in [-0.05, 0) is 36.4 Å². The van der Waals surface area contributed by atoms with Crippen LogP contribution >= 0.6 is 11.8 Å². The number of anilines is 2. The van der Waals surface area contributed by atoms with Crippen LogP contribution in [0.25, 0.3) is 0 Å². The Morgan fingerprint density at radius 3 is 2.55 bits per heavy atom. The molecule has 1 saturated heterocycles. The number of benzene rings is 1. The lowest BCUT2D eigenvalue weighted by Crippen LogP contribution is -2.32. The molecule has 1 aliphatic rings. The van der Waals surface area contributed by atoms with E-state index in [0.29, 0.717) is 5.69 Å². The minimum Gasteiger partial charge on any atom is -0.370 e. The predicted molar refractivity (Wildman–Crippen MR) is 84.7 cm³/mol. The largest absolute Gasteiger partial charge is 0.370 e. The third-order valence-electron chi connectivity index (χ3n) is 3.34. The third kappa shape index (κ3) is 2.99. The van der Waals surface area contributed by atoms with Crippen LogP contribution in [0, 0.1) is 0 Å². The zero-order chi connectivity index (χ0) is 13.8. The van der Waals surface area contributed by atoms with Gasteiger partial charge in [-0.3, -0.25) is 4.79 Å². The molecule has 4 nitrogen and oxygen atoms in total. The SMILES string of the molecule is O=C(Nc1ccc(N2CCSCC2)cc1)c1ccc[nH]1. The first-order valence-corrected chi connectivity index (χ1v) is 7.86.